The van der Waals surface area contributed by atoms with Crippen LogP contribution < -0.4 is 16.1 Å². The second kappa shape index (κ2) is 16.9. The number of fused-ring (bicyclic) bond motifs is 5. The van der Waals surface area contributed by atoms with E-state index in [0.717, 1.165) is 51.4 Å². The van der Waals surface area contributed by atoms with Gasteiger partial charge in [0.15, 0.2) is 0 Å². The molecule has 0 aliphatic heterocycles. The van der Waals surface area contributed by atoms with Crippen molar-refractivity contribution in [3.63, 3.8) is 0 Å². The molecule has 10 atom stereocenters. The van der Waals surface area contributed by atoms with Crippen molar-refractivity contribution in [1.82, 2.24) is 16.1 Å². The zero-order valence-corrected chi connectivity index (χ0v) is 28.9. The minimum atomic E-state index is -0.743. The molecular weight excluding hydrogens is 606 g/mol. The number of hydrogen-bond donors (Lipinski definition) is 5. The maximum absolute atomic E-state index is 12.5. The smallest absolute Gasteiger partial charge is 0.303 e. The van der Waals surface area contributed by atoms with Crippen molar-refractivity contribution in [2.75, 3.05) is 40.0 Å². The van der Waals surface area contributed by atoms with E-state index in [2.05, 4.69) is 36.9 Å². The number of rotatable bonds is 17. The molecule has 12 nitrogen and oxygen atoms in total. The number of likely N-dealkylation sites (N-methyl/N-ethyl adjacent to an activating group) is 1. The molecule has 4 saturated carbocycles. The highest BCUT2D eigenvalue weighted by Crippen LogP contribution is 2.68. The second-order valence-corrected chi connectivity index (χ2v) is 15.1. The number of aliphatic hydroxyl groups excluding tert-OH is 1. The number of ether oxygens (including phenoxy) is 2. The summed E-state index contributed by atoms with van der Waals surface area (Å²) in [5, 5.41) is 26.2. The van der Waals surface area contributed by atoms with Crippen molar-refractivity contribution in [2.45, 2.75) is 110 Å². The molecule has 4 rings (SSSR count). The van der Waals surface area contributed by atoms with Crippen LogP contribution in [0.5, 0.6) is 0 Å². The van der Waals surface area contributed by atoms with Gasteiger partial charge in [0.05, 0.1) is 32.0 Å². The van der Waals surface area contributed by atoms with Gasteiger partial charge in [-0.3, -0.25) is 24.0 Å². The molecule has 4 aliphatic carbocycles. The Kier molecular flexibility index (Phi) is 13.5. The number of carboxylic acids is 1. The summed E-state index contributed by atoms with van der Waals surface area (Å²) in [6.45, 7) is 8.11. The molecule has 0 aromatic rings. The van der Waals surface area contributed by atoms with E-state index in [1.807, 2.05) is 0 Å². The molecule has 0 saturated heterocycles. The van der Waals surface area contributed by atoms with Crippen LogP contribution in [0.4, 0.5) is 0 Å². The minimum Gasteiger partial charge on any atom is -0.481 e. The molecule has 0 spiro atoms. The Hall–Kier alpha value is -2.28. The first-order chi connectivity index (χ1) is 22.4. The molecule has 0 aromatic heterocycles. The van der Waals surface area contributed by atoms with Crippen LogP contribution in [0, 0.1) is 46.3 Å². The Morgan fingerprint density at radius 3 is 2.36 bits per heavy atom. The number of hydroxylamine groups is 1. The van der Waals surface area contributed by atoms with Gasteiger partial charge in [-0.1, -0.05) is 20.8 Å². The summed E-state index contributed by atoms with van der Waals surface area (Å²) < 4.78 is 10.5. The lowest BCUT2D eigenvalue weighted by molar-refractivity contribution is -0.184. The molecule has 12 heteroatoms. The summed E-state index contributed by atoms with van der Waals surface area (Å²) in [5.74, 6) is 1.15. The average Bonchev–Trinajstić information content (AvgIpc) is 3.41. The Morgan fingerprint density at radius 1 is 0.872 bits per heavy atom. The third-order valence-corrected chi connectivity index (χ3v) is 12.7. The Balaban J connectivity index is 1.16. The number of aliphatic carboxylic acids is 1. The SMILES string of the molecule is CNC(=O)COCCOCCNC(=O)CCC(=O)NO[C@H]1CC[C@@]2(C)[C@H](CC[C@H]3C4CC[C@H]([C@H](C)CCC(=O)O)[C@@]4(C)[C@@H](O)C[C@@H]32)C1. The highest BCUT2D eigenvalue weighted by atomic mass is 16.7. The fraction of sp³-hybridized carbons (Fsp3) is 0.886. The molecule has 3 amide bonds. The molecule has 47 heavy (non-hydrogen) atoms. The van der Waals surface area contributed by atoms with E-state index >= 15 is 0 Å². The van der Waals surface area contributed by atoms with Crippen LogP contribution in [-0.4, -0.2) is 86.1 Å². The van der Waals surface area contributed by atoms with Crippen molar-refractivity contribution < 1.29 is 43.7 Å². The highest BCUT2D eigenvalue weighted by molar-refractivity contribution is 5.83. The molecule has 0 bridgehead atoms. The molecule has 1 unspecified atom stereocenters. The fourth-order valence-electron chi connectivity index (χ4n) is 10.0. The third-order valence-electron chi connectivity index (χ3n) is 12.7. The number of hydrogen-bond acceptors (Lipinski definition) is 8. The van der Waals surface area contributed by atoms with Crippen LogP contribution >= 0.6 is 0 Å². The van der Waals surface area contributed by atoms with E-state index in [4.69, 9.17) is 14.3 Å². The summed E-state index contributed by atoms with van der Waals surface area (Å²) in [7, 11) is 1.54. The molecule has 0 aromatic carbocycles. The summed E-state index contributed by atoms with van der Waals surface area (Å²) in [6, 6.07) is 0. The van der Waals surface area contributed by atoms with Gasteiger partial charge >= 0.3 is 5.97 Å². The lowest BCUT2D eigenvalue weighted by Gasteiger charge is -2.62. The standard InChI is InChI=1S/C35H59N3O9/c1-22(5-12-33(43)44)26-8-9-27-25-7-6-23-19-24(13-14-34(23,2)28(25)20-29(39)35(26,27)3)47-38-31(41)11-10-30(40)37-15-16-45-17-18-46-21-32(42)36-4/h22-29,39H,5-21H2,1-4H3,(H,36,42)(H,37,40)(H,38,41)(H,43,44)/t22-,23-,24+,25+,26-,27?,28+,29+,34+,35-/m1/s1. The van der Waals surface area contributed by atoms with Gasteiger partial charge in [0, 0.05) is 32.9 Å². The molecule has 4 fully saturated rings. The monoisotopic (exact) mass is 665 g/mol. The molecule has 0 heterocycles. The van der Waals surface area contributed by atoms with Gasteiger partial charge in [-0.15, -0.1) is 0 Å². The van der Waals surface area contributed by atoms with Crippen LogP contribution in [0.1, 0.15) is 97.8 Å². The molecule has 268 valence electrons. The predicted octanol–water partition coefficient (Wildman–Crippen LogP) is 3.21. The van der Waals surface area contributed by atoms with E-state index in [0.29, 0.717) is 55.8 Å². The first-order valence-electron chi connectivity index (χ1n) is 17.9. The first kappa shape index (κ1) is 37.5. The molecule has 5 N–H and O–H groups in total. The van der Waals surface area contributed by atoms with Gasteiger partial charge < -0.3 is 30.3 Å². The number of aliphatic hydroxyl groups is 1. The number of nitrogens with one attached hydrogen (secondary N) is 3. The molecular formula is C35H59N3O9. The van der Waals surface area contributed by atoms with E-state index in [9.17, 15) is 29.4 Å². The lowest BCUT2D eigenvalue weighted by atomic mass is 9.43. The first-order valence-corrected chi connectivity index (χ1v) is 17.9. The zero-order chi connectivity index (χ0) is 34.2. The van der Waals surface area contributed by atoms with Crippen molar-refractivity contribution >= 4 is 23.7 Å². The number of carbonyl (C=O) groups excluding carboxylic acids is 3. The predicted molar refractivity (Wildman–Crippen MR) is 174 cm³/mol. The third kappa shape index (κ3) is 9.05. The average molecular weight is 666 g/mol. The van der Waals surface area contributed by atoms with Crippen LogP contribution in [-0.2, 0) is 33.5 Å². The van der Waals surface area contributed by atoms with Gasteiger partial charge in [0.2, 0.25) is 17.7 Å². The van der Waals surface area contributed by atoms with Crippen molar-refractivity contribution in [1.29, 1.82) is 0 Å². The summed E-state index contributed by atoms with van der Waals surface area (Å²) in [6.07, 6.45) is 8.53. The minimum absolute atomic E-state index is 0.0182. The van der Waals surface area contributed by atoms with Crippen LogP contribution in [0.2, 0.25) is 0 Å². The lowest BCUT2D eigenvalue weighted by Crippen LogP contribution is -2.59. The van der Waals surface area contributed by atoms with Gasteiger partial charge in [-0.2, -0.15) is 0 Å². The fourth-order valence-corrected chi connectivity index (χ4v) is 10.0. The Labute approximate surface area is 279 Å². The van der Waals surface area contributed by atoms with Crippen LogP contribution in [0.15, 0.2) is 0 Å². The van der Waals surface area contributed by atoms with E-state index in [1.54, 1.807) is 0 Å². The molecule has 4 aliphatic rings. The van der Waals surface area contributed by atoms with Crippen LogP contribution in [0.25, 0.3) is 0 Å². The topological polar surface area (TPSA) is 173 Å². The van der Waals surface area contributed by atoms with Crippen LogP contribution in [0.3, 0.4) is 0 Å². The van der Waals surface area contributed by atoms with Gasteiger partial charge in [0.1, 0.15) is 6.61 Å². The van der Waals surface area contributed by atoms with Crippen molar-refractivity contribution in [3.05, 3.63) is 0 Å². The van der Waals surface area contributed by atoms with Crippen molar-refractivity contribution in [3.8, 4) is 0 Å². The normalized spacial score (nSPS) is 35.1. The Bertz CT molecular complexity index is 1090. The number of amides is 3. The maximum atomic E-state index is 12.5. The molecule has 0 radical (unpaired) electrons. The van der Waals surface area contributed by atoms with Gasteiger partial charge in [0.25, 0.3) is 0 Å². The summed E-state index contributed by atoms with van der Waals surface area (Å²) >= 11 is 0. The maximum Gasteiger partial charge on any atom is 0.303 e. The summed E-state index contributed by atoms with van der Waals surface area (Å²) in [4.78, 5) is 52.8. The summed E-state index contributed by atoms with van der Waals surface area (Å²) in [5.41, 5.74) is 2.57. The van der Waals surface area contributed by atoms with E-state index in [1.165, 1.54) is 7.05 Å². The van der Waals surface area contributed by atoms with E-state index < -0.39 is 5.97 Å². The quantitative estimate of drug-likeness (QED) is 0.116. The number of carbonyl (C=O) groups is 4. The number of carboxylic acid groups (broad SMARTS) is 1. The Morgan fingerprint density at radius 2 is 1.62 bits per heavy atom. The van der Waals surface area contributed by atoms with E-state index in [-0.39, 0.29) is 79.2 Å². The highest BCUT2D eigenvalue weighted by Gasteiger charge is 2.63. The largest absolute Gasteiger partial charge is 0.481 e. The zero-order valence-electron chi connectivity index (χ0n) is 28.9. The second-order valence-electron chi connectivity index (χ2n) is 15.1. The van der Waals surface area contributed by atoms with Gasteiger partial charge in [-0.25, -0.2) is 5.48 Å². The van der Waals surface area contributed by atoms with Gasteiger partial charge in [-0.05, 0) is 104 Å². The van der Waals surface area contributed by atoms with Crippen molar-refractivity contribution in [2.24, 2.45) is 46.3 Å².